The van der Waals surface area contributed by atoms with Crippen LogP contribution in [0.1, 0.15) is 22.3 Å². The molecule has 0 radical (unpaired) electrons. The third-order valence-electron chi connectivity index (χ3n) is 5.55. The van der Waals surface area contributed by atoms with Crippen LogP contribution in [0.15, 0.2) is 78.9 Å². The fraction of sp³-hybridized carbons (Fsp3) is 0.185. The number of nitrogens with zero attached hydrogens (tertiary/aromatic N) is 1. The van der Waals surface area contributed by atoms with Crippen molar-refractivity contribution in [3.63, 3.8) is 0 Å². The van der Waals surface area contributed by atoms with E-state index >= 15 is 0 Å². The number of hydrogen-bond donors (Lipinski definition) is 2. The monoisotopic (exact) mass is 487 g/mol. The van der Waals surface area contributed by atoms with E-state index in [1.54, 1.807) is 49.4 Å². The number of esters is 1. The molecule has 3 aromatic rings. The van der Waals surface area contributed by atoms with E-state index in [1.807, 2.05) is 36.4 Å². The van der Waals surface area contributed by atoms with Gasteiger partial charge in [-0.1, -0.05) is 36.4 Å². The largest absolute Gasteiger partial charge is 0.457 e. The number of hydrogen-bond acceptors (Lipinski definition) is 6. The Bertz CT molecular complexity index is 1260. The molecule has 3 amide bonds. The molecule has 9 nitrogen and oxygen atoms in total. The highest BCUT2D eigenvalue weighted by atomic mass is 16.5. The molecule has 1 heterocycles. The molecular formula is C27H25N3O6. The highest BCUT2D eigenvalue weighted by molar-refractivity contribution is 5.98. The second-order valence-electron chi connectivity index (χ2n) is 8.26. The fourth-order valence-electron chi connectivity index (χ4n) is 3.67. The van der Waals surface area contributed by atoms with E-state index in [-0.39, 0.29) is 13.0 Å². The van der Waals surface area contributed by atoms with Crippen LogP contribution in [0, 0.1) is 12.8 Å². The van der Waals surface area contributed by atoms with Gasteiger partial charge in [0, 0.05) is 17.7 Å². The second kappa shape index (κ2) is 11.2. The van der Waals surface area contributed by atoms with Crippen LogP contribution in [0.4, 0.5) is 5.69 Å². The highest BCUT2D eigenvalue weighted by Crippen LogP contribution is 2.23. The van der Waals surface area contributed by atoms with E-state index in [0.717, 1.165) is 10.6 Å². The van der Waals surface area contributed by atoms with E-state index in [9.17, 15) is 19.2 Å². The highest BCUT2D eigenvalue weighted by Gasteiger charge is 2.36. The van der Waals surface area contributed by atoms with Crippen molar-refractivity contribution < 1.29 is 28.7 Å². The van der Waals surface area contributed by atoms with E-state index in [1.165, 1.54) is 0 Å². The molecule has 0 spiro atoms. The Morgan fingerprint density at radius 1 is 0.917 bits per heavy atom. The minimum absolute atomic E-state index is 0.0280. The summed E-state index contributed by atoms with van der Waals surface area (Å²) in [6.45, 7) is 1.26. The minimum Gasteiger partial charge on any atom is -0.457 e. The minimum atomic E-state index is -0.781. The van der Waals surface area contributed by atoms with Crippen LogP contribution >= 0.6 is 0 Å². The first-order chi connectivity index (χ1) is 17.4. The predicted octanol–water partition coefficient (Wildman–Crippen LogP) is 3.46. The summed E-state index contributed by atoms with van der Waals surface area (Å²) < 4.78 is 10.8. The molecule has 1 aliphatic rings. The van der Waals surface area contributed by atoms with E-state index < -0.39 is 36.2 Å². The average molecular weight is 488 g/mol. The Balaban J connectivity index is 1.22. The Morgan fingerprint density at radius 3 is 2.31 bits per heavy atom. The van der Waals surface area contributed by atoms with Gasteiger partial charge in [-0.25, -0.2) is 0 Å². The molecule has 1 saturated heterocycles. The van der Waals surface area contributed by atoms with Gasteiger partial charge in [0.1, 0.15) is 11.5 Å². The van der Waals surface area contributed by atoms with Crippen molar-refractivity contribution in [1.29, 1.82) is 0 Å². The molecule has 36 heavy (non-hydrogen) atoms. The summed E-state index contributed by atoms with van der Waals surface area (Å²) in [5, 5.41) is 3.75. The van der Waals surface area contributed by atoms with Crippen molar-refractivity contribution in [2.75, 3.05) is 18.5 Å². The number of carbonyl (C=O) groups excluding carboxylic acids is 4. The maximum atomic E-state index is 12.5. The number of aryl methyl sites for hydroxylation is 1. The number of benzene rings is 3. The molecular weight excluding hydrogens is 462 g/mol. The van der Waals surface area contributed by atoms with E-state index in [4.69, 9.17) is 9.47 Å². The van der Waals surface area contributed by atoms with Crippen LogP contribution in [0.2, 0.25) is 0 Å². The lowest BCUT2D eigenvalue weighted by molar-refractivity contribution is -0.151. The van der Waals surface area contributed by atoms with Crippen molar-refractivity contribution in [3.05, 3.63) is 90.0 Å². The quantitative estimate of drug-likeness (QED) is 0.471. The molecule has 0 aliphatic carbocycles. The summed E-state index contributed by atoms with van der Waals surface area (Å²) in [5.74, 6) is -1.52. The first-order valence-electron chi connectivity index (χ1n) is 11.4. The Morgan fingerprint density at radius 2 is 1.58 bits per heavy atom. The molecule has 1 aliphatic heterocycles. The lowest BCUT2D eigenvalue weighted by atomic mass is 10.1. The smallest absolute Gasteiger partial charge is 0.311 e. The zero-order valence-electron chi connectivity index (χ0n) is 19.6. The van der Waals surface area contributed by atoms with Gasteiger partial charge in [0.15, 0.2) is 6.61 Å². The Kier molecular flexibility index (Phi) is 7.60. The number of rotatable bonds is 8. The number of carbonyl (C=O) groups is 4. The third-order valence-corrected chi connectivity index (χ3v) is 5.55. The number of hydrazine groups is 1. The number of para-hydroxylation sites is 1. The van der Waals surface area contributed by atoms with Crippen LogP contribution in [-0.4, -0.2) is 41.9 Å². The van der Waals surface area contributed by atoms with Crippen molar-refractivity contribution in [3.8, 4) is 11.5 Å². The lowest BCUT2D eigenvalue weighted by Crippen LogP contribution is -2.43. The van der Waals surface area contributed by atoms with Crippen molar-refractivity contribution in [1.82, 2.24) is 10.4 Å². The molecule has 0 aromatic heterocycles. The van der Waals surface area contributed by atoms with Gasteiger partial charge in [-0.05, 0) is 55.0 Å². The fourth-order valence-corrected chi connectivity index (χ4v) is 3.67. The van der Waals surface area contributed by atoms with Crippen molar-refractivity contribution >= 4 is 29.4 Å². The Hall–Kier alpha value is -4.66. The summed E-state index contributed by atoms with van der Waals surface area (Å²) in [4.78, 5) is 49.4. The molecule has 9 heteroatoms. The molecule has 0 bridgehead atoms. The average Bonchev–Trinajstić information content (AvgIpc) is 3.24. The number of anilines is 1. The summed E-state index contributed by atoms with van der Waals surface area (Å²) in [5.41, 5.74) is 4.25. The molecule has 2 N–H and O–H groups in total. The molecule has 4 rings (SSSR count). The van der Waals surface area contributed by atoms with Crippen LogP contribution < -0.4 is 15.5 Å². The summed E-state index contributed by atoms with van der Waals surface area (Å²) >= 11 is 0. The van der Waals surface area contributed by atoms with Gasteiger partial charge in [-0.3, -0.25) is 29.6 Å². The molecule has 1 fully saturated rings. The van der Waals surface area contributed by atoms with Crippen LogP contribution in [0.3, 0.4) is 0 Å². The Labute approximate surface area is 208 Å². The number of nitrogens with one attached hydrogen (secondary N) is 2. The molecule has 0 unspecified atom stereocenters. The SMILES string of the molecule is Cc1ccccc1C(=O)NN1C[C@@H](C(=O)OCC(=O)Nc2ccc(Oc3ccccc3)cc2)CC1=O. The van der Waals surface area contributed by atoms with Crippen molar-refractivity contribution in [2.24, 2.45) is 5.92 Å². The van der Waals surface area contributed by atoms with Gasteiger partial charge in [-0.2, -0.15) is 0 Å². The number of ether oxygens (including phenoxy) is 2. The predicted molar refractivity (Wildman–Crippen MR) is 131 cm³/mol. The van der Waals surface area contributed by atoms with Crippen LogP contribution in [0.25, 0.3) is 0 Å². The van der Waals surface area contributed by atoms with E-state index in [0.29, 0.717) is 22.7 Å². The topological polar surface area (TPSA) is 114 Å². The summed E-state index contributed by atoms with van der Waals surface area (Å²) in [6, 6.07) is 23.0. The van der Waals surface area contributed by atoms with Gasteiger partial charge in [-0.15, -0.1) is 0 Å². The number of amides is 3. The second-order valence-corrected chi connectivity index (χ2v) is 8.26. The van der Waals surface area contributed by atoms with Crippen LogP contribution in [0.5, 0.6) is 11.5 Å². The first kappa shape index (κ1) is 24.5. The maximum Gasteiger partial charge on any atom is 0.311 e. The lowest BCUT2D eigenvalue weighted by Gasteiger charge is -2.18. The molecule has 0 saturated carbocycles. The van der Waals surface area contributed by atoms with Gasteiger partial charge in [0.05, 0.1) is 12.5 Å². The summed E-state index contributed by atoms with van der Waals surface area (Å²) in [6.07, 6.45) is -0.114. The van der Waals surface area contributed by atoms with Gasteiger partial charge in [0.25, 0.3) is 11.8 Å². The van der Waals surface area contributed by atoms with Gasteiger partial charge < -0.3 is 14.8 Å². The van der Waals surface area contributed by atoms with Gasteiger partial charge >= 0.3 is 5.97 Å². The third kappa shape index (κ3) is 6.26. The molecule has 184 valence electrons. The zero-order chi connectivity index (χ0) is 25.5. The molecule has 3 aromatic carbocycles. The van der Waals surface area contributed by atoms with Crippen molar-refractivity contribution in [2.45, 2.75) is 13.3 Å². The van der Waals surface area contributed by atoms with Gasteiger partial charge in [0.2, 0.25) is 5.91 Å². The molecule has 1 atom stereocenters. The van der Waals surface area contributed by atoms with E-state index in [2.05, 4.69) is 10.7 Å². The zero-order valence-corrected chi connectivity index (χ0v) is 19.6. The first-order valence-corrected chi connectivity index (χ1v) is 11.4. The summed E-state index contributed by atoms with van der Waals surface area (Å²) in [7, 11) is 0. The van der Waals surface area contributed by atoms with Crippen LogP contribution in [-0.2, 0) is 19.1 Å². The standard InChI is InChI=1S/C27H25N3O6/c1-18-7-5-6-10-23(18)26(33)29-30-16-19(15-25(30)32)27(34)35-17-24(31)28-20-11-13-22(14-12-20)36-21-8-3-2-4-9-21/h2-14,19H,15-17H2,1H3,(H,28,31)(H,29,33)/t19-/m0/s1. The normalized spacial score (nSPS) is 14.8. The maximum absolute atomic E-state index is 12.5.